The lowest BCUT2D eigenvalue weighted by molar-refractivity contribution is -0.117. The third-order valence-corrected chi connectivity index (χ3v) is 5.67. The first kappa shape index (κ1) is 20.8. The number of amides is 1. The number of benzene rings is 3. The van der Waals surface area contributed by atoms with Crippen molar-refractivity contribution in [3.8, 4) is 5.69 Å². The number of carbonyl (C=O) groups excluding carboxylic acids is 1. The molecule has 1 atom stereocenters. The summed E-state index contributed by atoms with van der Waals surface area (Å²) in [5, 5.41) is 3.87. The Morgan fingerprint density at radius 2 is 1.77 bits per heavy atom. The van der Waals surface area contributed by atoms with E-state index in [1.807, 2.05) is 55.5 Å². The summed E-state index contributed by atoms with van der Waals surface area (Å²) in [5.41, 5.74) is 2.47. The molecule has 0 saturated heterocycles. The number of fused-ring (bicyclic) bond motifs is 1. The predicted octanol–water partition coefficient (Wildman–Crippen LogP) is 5.48. The maximum absolute atomic E-state index is 13.1. The number of anilines is 1. The molecule has 0 aliphatic rings. The minimum Gasteiger partial charge on any atom is -0.324 e. The van der Waals surface area contributed by atoms with Crippen LogP contribution in [0.5, 0.6) is 0 Å². The average Bonchev–Trinajstić information content (AvgIpc) is 2.77. The molecule has 4 rings (SSSR count). The summed E-state index contributed by atoms with van der Waals surface area (Å²) in [5.74, 6) is 0.111. The maximum Gasteiger partial charge on any atom is 0.265 e. The number of aryl methyl sites for hydroxylation is 1. The zero-order chi connectivity index (χ0) is 22.0. The highest BCUT2D eigenvalue weighted by Crippen LogP contribution is 2.28. The van der Waals surface area contributed by atoms with Gasteiger partial charge in [-0.2, -0.15) is 0 Å². The van der Waals surface area contributed by atoms with Crippen LogP contribution in [0.1, 0.15) is 30.7 Å². The van der Waals surface area contributed by atoms with E-state index in [2.05, 4.69) is 10.3 Å². The Hall–Kier alpha value is -3.44. The van der Waals surface area contributed by atoms with E-state index in [0.717, 1.165) is 5.56 Å². The van der Waals surface area contributed by atoms with Crippen LogP contribution in [0.2, 0.25) is 5.02 Å². The Labute approximate surface area is 185 Å². The van der Waals surface area contributed by atoms with Gasteiger partial charge >= 0.3 is 0 Å². The van der Waals surface area contributed by atoms with Gasteiger partial charge in [0.05, 0.1) is 33.2 Å². The van der Waals surface area contributed by atoms with Crippen LogP contribution in [0.3, 0.4) is 0 Å². The highest BCUT2D eigenvalue weighted by atomic mass is 35.5. The second-order valence-electron chi connectivity index (χ2n) is 7.34. The number of rotatable bonds is 5. The van der Waals surface area contributed by atoms with E-state index in [-0.39, 0.29) is 17.4 Å². The van der Waals surface area contributed by atoms with Crippen molar-refractivity contribution in [3.05, 3.63) is 99.6 Å². The van der Waals surface area contributed by atoms with E-state index >= 15 is 0 Å². The van der Waals surface area contributed by atoms with Crippen LogP contribution in [-0.2, 0) is 4.79 Å². The molecule has 1 aromatic heterocycles. The van der Waals surface area contributed by atoms with Crippen LogP contribution in [-0.4, -0.2) is 15.5 Å². The van der Waals surface area contributed by atoms with Gasteiger partial charge in [-0.3, -0.25) is 14.2 Å². The molecule has 1 amide bonds. The molecule has 0 saturated carbocycles. The van der Waals surface area contributed by atoms with Crippen molar-refractivity contribution in [3.63, 3.8) is 0 Å². The van der Waals surface area contributed by atoms with Gasteiger partial charge in [0.2, 0.25) is 5.91 Å². The van der Waals surface area contributed by atoms with E-state index in [0.29, 0.717) is 39.5 Å². The van der Waals surface area contributed by atoms with Gasteiger partial charge < -0.3 is 5.32 Å². The van der Waals surface area contributed by atoms with Gasteiger partial charge in [0.15, 0.2) is 0 Å². The van der Waals surface area contributed by atoms with Crippen LogP contribution in [0, 0.1) is 6.92 Å². The smallest absolute Gasteiger partial charge is 0.265 e. The van der Waals surface area contributed by atoms with Gasteiger partial charge in [0, 0.05) is 0 Å². The first-order chi connectivity index (χ1) is 15.0. The number of carbonyl (C=O) groups is 1. The van der Waals surface area contributed by atoms with Gasteiger partial charge in [-0.25, -0.2) is 4.98 Å². The molecule has 6 heteroatoms. The number of halogens is 1. The summed E-state index contributed by atoms with van der Waals surface area (Å²) in [6.45, 7) is 3.75. The molecule has 3 aromatic carbocycles. The molecule has 156 valence electrons. The quantitative estimate of drug-likeness (QED) is 0.455. The summed E-state index contributed by atoms with van der Waals surface area (Å²) >= 11 is 6.38. The standard InChI is InChI=1S/C25H22ClN3O2/c1-3-19(17-9-5-4-6-10-17)24(30)28-23-15-18(13-14-21(23)26)29-16(2)27-22-12-8-7-11-20(22)25(29)31/h4-15,19H,3H2,1-2H3,(H,28,30). The lowest BCUT2D eigenvalue weighted by Crippen LogP contribution is -2.23. The summed E-state index contributed by atoms with van der Waals surface area (Å²) in [7, 11) is 0. The minimum absolute atomic E-state index is 0.145. The van der Waals surface area contributed by atoms with Crippen molar-refractivity contribution in [2.45, 2.75) is 26.2 Å². The second kappa shape index (κ2) is 8.74. The first-order valence-electron chi connectivity index (χ1n) is 10.1. The summed E-state index contributed by atoms with van der Waals surface area (Å²) in [6.07, 6.45) is 0.653. The normalized spacial score (nSPS) is 12.0. The predicted molar refractivity (Wildman–Crippen MR) is 125 cm³/mol. The van der Waals surface area contributed by atoms with E-state index in [4.69, 9.17) is 11.6 Å². The molecule has 5 nitrogen and oxygen atoms in total. The molecular formula is C25H22ClN3O2. The number of hydrogen-bond donors (Lipinski definition) is 1. The molecule has 31 heavy (non-hydrogen) atoms. The fraction of sp³-hybridized carbons (Fsp3) is 0.160. The molecule has 1 unspecified atom stereocenters. The van der Waals surface area contributed by atoms with Crippen molar-refractivity contribution in [2.24, 2.45) is 0 Å². The molecular weight excluding hydrogens is 410 g/mol. The lowest BCUT2D eigenvalue weighted by atomic mass is 9.95. The molecule has 0 radical (unpaired) electrons. The van der Waals surface area contributed by atoms with Crippen LogP contribution in [0.15, 0.2) is 77.6 Å². The summed E-state index contributed by atoms with van der Waals surface area (Å²) in [4.78, 5) is 30.7. The maximum atomic E-state index is 13.1. The van der Waals surface area contributed by atoms with Gasteiger partial charge in [-0.15, -0.1) is 0 Å². The van der Waals surface area contributed by atoms with Gasteiger partial charge in [-0.1, -0.05) is 61.0 Å². The van der Waals surface area contributed by atoms with E-state index in [1.54, 1.807) is 31.2 Å². The fourth-order valence-electron chi connectivity index (χ4n) is 3.77. The van der Waals surface area contributed by atoms with Crippen molar-refractivity contribution < 1.29 is 4.79 Å². The van der Waals surface area contributed by atoms with E-state index in [9.17, 15) is 9.59 Å². The van der Waals surface area contributed by atoms with E-state index < -0.39 is 0 Å². The van der Waals surface area contributed by atoms with Gasteiger partial charge in [-0.05, 0) is 49.2 Å². The molecule has 1 heterocycles. The molecule has 0 spiro atoms. The highest BCUT2D eigenvalue weighted by molar-refractivity contribution is 6.33. The second-order valence-corrected chi connectivity index (χ2v) is 7.75. The van der Waals surface area contributed by atoms with Crippen molar-refractivity contribution in [1.82, 2.24) is 9.55 Å². The first-order valence-corrected chi connectivity index (χ1v) is 10.5. The molecule has 0 aliphatic heterocycles. The number of aromatic nitrogens is 2. The summed E-state index contributed by atoms with van der Waals surface area (Å²) in [6, 6.07) is 22.0. The molecule has 4 aromatic rings. The number of nitrogens with zero attached hydrogens (tertiary/aromatic N) is 2. The zero-order valence-corrected chi connectivity index (χ0v) is 18.1. The SMILES string of the molecule is CCC(C(=O)Nc1cc(-n2c(C)nc3ccccc3c2=O)ccc1Cl)c1ccccc1. The van der Waals surface area contributed by atoms with Crippen LogP contribution in [0.4, 0.5) is 5.69 Å². The van der Waals surface area contributed by atoms with Crippen molar-refractivity contribution in [2.75, 3.05) is 5.32 Å². The highest BCUT2D eigenvalue weighted by Gasteiger charge is 2.20. The van der Waals surface area contributed by atoms with E-state index in [1.165, 1.54) is 4.57 Å². The Bertz CT molecular complexity index is 1320. The number of nitrogens with one attached hydrogen (secondary N) is 1. The third kappa shape index (κ3) is 4.09. The number of hydrogen-bond acceptors (Lipinski definition) is 3. The van der Waals surface area contributed by atoms with Crippen LogP contribution in [0.25, 0.3) is 16.6 Å². The molecule has 1 N–H and O–H groups in total. The Balaban J connectivity index is 1.72. The Morgan fingerprint density at radius 3 is 2.52 bits per heavy atom. The minimum atomic E-state index is -0.298. The average molecular weight is 432 g/mol. The number of para-hydroxylation sites is 1. The fourth-order valence-corrected chi connectivity index (χ4v) is 3.94. The molecule has 0 fully saturated rings. The van der Waals surface area contributed by atoms with Crippen LogP contribution < -0.4 is 10.9 Å². The Morgan fingerprint density at radius 1 is 1.06 bits per heavy atom. The largest absolute Gasteiger partial charge is 0.324 e. The van der Waals surface area contributed by atoms with Gasteiger partial charge in [0.25, 0.3) is 5.56 Å². The van der Waals surface area contributed by atoms with Gasteiger partial charge in [0.1, 0.15) is 5.82 Å². The van der Waals surface area contributed by atoms with Crippen molar-refractivity contribution >= 4 is 34.1 Å². The van der Waals surface area contributed by atoms with Crippen molar-refractivity contribution in [1.29, 1.82) is 0 Å². The zero-order valence-electron chi connectivity index (χ0n) is 17.3. The molecule has 0 bridgehead atoms. The van der Waals surface area contributed by atoms with Crippen LogP contribution >= 0.6 is 11.6 Å². The monoisotopic (exact) mass is 431 g/mol. The summed E-state index contributed by atoms with van der Waals surface area (Å²) < 4.78 is 1.53. The lowest BCUT2D eigenvalue weighted by Gasteiger charge is -2.17. The molecule has 0 aliphatic carbocycles. The third-order valence-electron chi connectivity index (χ3n) is 5.34. The Kier molecular flexibility index (Phi) is 5.87. The topological polar surface area (TPSA) is 64.0 Å².